The van der Waals surface area contributed by atoms with Crippen LogP contribution in [-0.4, -0.2) is 49.5 Å². The number of halogens is 3. The monoisotopic (exact) mass is 486 g/mol. The minimum atomic E-state index is -4.39. The lowest BCUT2D eigenvalue weighted by Crippen LogP contribution is -2.58. The molecule has 0 bridgehead atoms. The van der Waals surface area contributed by atoms with E-state index in [9.17, 15) is 13.2 Å². The first kappa shape index (κ1) is 24.2. The lowest BCUT2D eigenvalue weighted by Gasteiger charge is -2.46. The van der Waals surface area contributed by atoms with Gasteiger partial charge in [0.2, 0.25) is 5.72 Å². The van der Waals surface area contributed by atoms with Gasteiger partial charge in [-0.05, 0) is 87.7 Å². The van der Waals surface area contributed by atoms with Crippen molar-refractivity contribution in [3.63, 3.8) is 0 Å². The highest BCUT2D eigenvalue weighted by Gasteiger charge is 2.58. The van der Waals surface area contributed by atoms with Crippen LogP contribution in [0.5, 0.6) is 5.75 Å². The molecule has 3 aliphatic heterocycles. The molecule has 2 aromatic carbocycles. The summed E-state index contributed by atoms with van der Waals surface area (Å²) in [6.45, 7) is 11.8. The Hall–Kier alpha value is -2.51. The van der Waals surface area contributed by atoms with Gasteiger partial charge in [-0.2, -0.15) is 13.2 Å². The Balaban J connectivity index is 1.44. The van der Waals surface area contributed by atoms with Crippen molar-refractivity contribution in [3.8, 4) is 5.75 Å². The van der Waals surface area contributed by atoms with E-state index in [1.807, 2.05) is 37.9 Å². The van der Waals surface area contributed by atoms with Crippen molar-refractivity contribution in [1.29, 1.82) is 0 Å². The second-order valence-corrected chi connectivity index (χ2v) is 11.0. The lowest BCUT2D eigenvalue weighted by molar-refractivity contribution is -0.137. The molecule has 2 aromatic rings. The van der Waals surface area contributed by atoms with E-state index >= 15 is 0 Å². The number of morpholine rings is 1. The van der Waals surface area contributed by atoms with Crippen LogP contribution in [0, 0.1) is 0 Å². The number of rotatable bonds is 3. The van der Waals surface area contributed by atoms with Gasteiger partial charge < -0.3 is 14.4 Å². The van der Waals surface area contributed by atoms with E-state index in [1.165, 1.54) is 11.6 Å². The van der Waals surface area contributed by atoms with Crippen LogP contribution >= 0.6 is 0 Å². The number of benzene rings is 2. The van der Waals surface area contributed by atoms with Crippen molar-refractivity contribution in [2.75, 3.05) is 38.3 Å². The van der Waals surface area contributed by atoms with Gasteiger partial charge in [-0.15, -0.1) is 0 Å². The largest absolute Gasteiger partial charge is 0.463 e. The number of fused-ring (bicyclic) bond motifs is 2. The summed E-state index contributed by atoms with van der Waals surface area (Å²) >= 11 is 0. The van der Waals surface area contributed by atoms with E-state index in [0.29, 0.717) is 5.56 Å². The number of hydrogen-bond acceptors (Lipinski definition) is 4. The molecule has 5 rings (SSSR count). The molecule has 3 heterocycles. The maximum atomic E-state index is 13.4. The first-order valence-corrected chi connectivity index (χ1v) is 12.1. The molecule has 0 amide bonds. The summed E-state index contributed by atoms with van der Waals surface area (Å²) in [5, 5.41) is 0. The van der Waals surface area contributed by atoms with Crippen LogP contribution in [0.1, 0.15) is 49.9 Å². The number of likely N-dealkylation sites (N-methyl/N-ethyl adjacent to an activating group) is 1. The summed E-state index contributed by atoms with van der Waals surface area (Å²) in [4.78, 5) is 4.43. The van der Waals surface area contributed by atoms with E-state index in [4.69, 9.17) is 9.47 Å². The molecule has 0 saturated carbocycles. The zero-order valence-corrected chi connectivity index (χ0v) is 21.0. The second kappa shape index (κ2) is 8.00. The first-order valence-electron chi connectivity index (χ1n) is 12.1. The molecule has 1 unspecified atom stereocenters. The fourth-order valence-corrected chi connectivity index (χ4v) is 5.93. The van der Waals surface area contributed by atoms with Crippen molar-refractivity contribution in [3.05, 3.63) is 64.7 Å². The maximum Gasteiger partial charge on any atom is 0.416 e. The SMILES string of the molecule is CN1c2ccc(C(F)(F)F)cc2C(C)(C)C12C=Cc1cc(CC(C)(C)N3CCOCC3)ccc1O2. The van der Waals surface area contributed by atoms with Crippen LogP contribution in [0.25, 0.3) is 6.08 Å². The summed E-state index contributed by atoms with van der Waals surface area (Å²) in [7, 11) is 1.88. The number of anilines is 1. The quantitative estimate of drug-likeness (QED) is 0.540. The molecule has 0 aliphatic carbocycles. The smallest absolute Gasteiger partial charge is 0.416 e. The molecule has 0 aromatic heterocycles. The predicted octanol–water partition coefficient (Wildman–Crippen LogP) is 5.89. The number of ether oxygens (including phenoxy) is 2. The van der Waals surface area contributed by atoms with E-state index in [0.717, 1.165) is 55.8 Å². The molecule has 1 atom stereocenters. The normalized spacial score (nSPS) is 23.8. The molecule has 7 heteroatoms. The third kappa shape index (κ3) is 3.84. The minimum absolute atomic E-state index is 0.00394. The molecular formula is C28H33F3N2O2. The summed E-state index contributed by atoms with van der Waals surface area (Å²) < 4.78 is 52.5. The predicted molar refractivity (Wildman–Crippen MR) is 132 cm³/mol. The van der Waals surface area contributed by atoms with E-state index < -0.39 is 22.9 Å². The van der Waals surface area contributed by atoms with Gasteiger partial charge in [0.1, 0.15) is 5.75 Å². The molecule has 1 saturated heterocycles. The van der Waals surface area contributed by atoms with Crippen LogP contribution in [0.4, 0.5) is 18.9 Å². The summed E-state index contributed by atoms with van der Waals surface area (Å²) in [5.41, 5.74) is 1.34. The van der Waals surface area contributed by atoms with Crippen LogP contribution in [-0.2, 0) is 22.7 Å². The highest BCUT2D eigenvalue weighted by atomic mass is 19.4. The topological polar surface area (TPSA) is 24.9 Å². The molecule has 0 radical (unpaired) electrons. The molecule has 0 N–H and O–H groups in total. The summed E-state index contributed by atoms with van der Waals surface area (Å²) in [6, 6.07) is 10.2. The average molecular weight is 487 g/mol. The van der Waals surface area contributed by atoms with Crippen molar-refractivity contribution < 1.29 is 22.6 Å². The standard InChI is InChI=1S/C28H33F3N2O2/c1-25(2,33-12-14-34-15-13-33)18-19-6-9-24-20(16-19)10-11-27(35-24)26(3,4)22-17-21(28(29,30)31)7-8-23(22)32(27)5/h6-11,16-17H,12-15,18H2,1-5H3. The average Bonchev–Trinajstić information content (AvgIpc) is 2.97. The highest BCUT2D eigenvalue weighted by molar-refractivity contribution is 5.72. The Labute approximate surface area is 205 Å². The summed E-state index contributed by atoms with van der Waals surface area (Å²) in [6.07, 6.45) is 0.565. The van der Waals surface area contributed by atoms with Gasteiger partial charge >= 0.3 is 6.18 Å². The fourth-order valence-electron chi connectivity index (χ4n) is 5.93. The zero-order chi connectivity index (χ0) is 25.2. The Morgan fingerprint density at radius 2 is 1.71 bits per heavy atom. The van der Waals surface area contributed by atoms with Crippen LogP contribution in [0.15, 0.2) is 42.5 Å². The van der Waals surface area contributed by atoms with Gasteiger partial charge in [-0.1, -0.05) is 6.07 Å². The first-order chi connectivity index (χ1) is 16.3. The number of hydrogen-bond donors (Lipinski definition) is 0. The van der Waals surface area contributed by atoms with Crippen molar-refractivity contribution in [2.24, 2.45) is 0 Å². The van der Waals surface area contributed by atoms with Crippen molar-refractivity contribution in [2.45, 2.75) is 57.0 Å². The van der Waals surface area contributed by atoms with E-state index in [2.05, 4.69) is 37.0 Å². The van der Waals surface area contributed by atoms with Gasteiger partial charge in [0.05, 0.1) is 24.2 Å². The number of alkyl halides is 3. The third-order valence-electron chi connectivity index (χ3n) is 8.08. The zero-order valence-electron chi connectivity index (χ0n) is 21.0. The molecule has 188 valence electrons. The van der Waals surface area contributed by atoms with Crippen LogP contribution in [0.3, 0.4) is 0 Å². The summed E-state index contributed by atoms with van der Waals surface area (Å²) in [5.74, 6) is 0.740. The van der Waals surface area contributed by atoms with Crippen LogP contribution in [0.2, 0.25) is 0 Å². The molecular weight excluding hydrogens is 453 g/mol. The van der Waals surface area contributed by atoms with Gasteiger partial charge in [0, 0.05) is 36.9 Å². The number of nitrogens with zero attached hydrogens (tertiary/aromatic N) is 2. The van der Waals surface area contributed by atoms with Crippen molar-refractivity contribution >= 4 is 11.8 Å². The van der Waals surface area contributed by atoms with Gasteiger partial charge in [0.25, 0.3) is 0 Å². The van der Waals surface area contributed by atoms with Gasteiger partial charge in [-0.3, -0.25) is 4.90 Å². The van der Waals surface area contributed by atoms with E-state index in [-0.39, 0.29) is 5.54 Å². The molecule has 35 heavy (non-hydrogen) atoms. The van der Waals surface area contributed by atoms with Crippen molar-refractivity contribution in [1.82, 2.24) is 4.90 Å². The fraction of sp³-hybridized carbons (Fsp3) is 0.500. The Morgan fingerprint density at radius 3 is 2.40 bits per heavy atom. The van der Waals surface area contributed by atoms with E-state index in [1.54, 1.807) is 6.07 Å². The Bertz CT molecular complexity index is 1170. The third-order valence-corrected chi connectivity index (χ3v) is 8.08. The van der Waals surface area contributed by atoms with Crippen LogP contribution < -0.4 is 9.64 Å². The van der Waals surface area contributed by atoms with Gasteiger partial charge in [0.15, 0.2) is 0 Å². The Kier molecular flexibility index (Phi) is 5.53. The molecule has 1 spiro atoms. The maximum absolute atomic E-state index is 13.4. The second-order valence-electron chi connectivity index (χ2n) is 11.0. The molecule has 3 aliphatic rings. The van der Waals surface area contributed by atoms with Gasteiger partial charge in [-0.25, -0.2) is 0 Å². The molecule has 4 nitrogen and oxygen atoms in total. The molecule has 1 fully saturated rings. The minimum Gasteiger partial charge on any atom is -0.463 e. The highest BCUT2D eigenvalue weighted by Crippen LogP contribution is 2.55. The Morgan fingerprint density at radius 1 is 1.00 bits per heavy atom. The lowest BCUT2D eigenvalue weighted by atomic mass is 9.76.